The van der Waals surface area contributed by atoms with Gasteiger partial charge in [-0.2, -0.15) is 0 Å². The average molecular weight is 464 g/mol. The summed E-state index contributed by atoms with van der Waals surface area (Å²) in [7, 11) is 1.63. The molecule has 5 rings (SSSR count). The van der Waals surface area contributed by atoms with Crippen molar-refractivity contribution in [2.24, 2.45) is 0 Å². The van der Waals surface area contributed by atoms with Crippen LogP contribution in [0.1, 0.15) is 67.9 Å². The van der Waals surface area contributed by atoms with Crippen LogP contribution in [-0.4, -0.2) is 40.0 Å². The van der Waals surface area contributed by atoms with E-state index in [-0.39, 0.29) is 17.9 Å². The molecule has 1 saturated carbocycles. The van der Waals surface area contributed by atoms with E-state index in [0.29, 0.717) is 24.4 Å². The molecule has 1 aliphatic carbocycles. The molecule has 0 radical (unpaired) electrons. The molecule has 2 aromatic heterocycles. The lowest BCUT2D eigenvalue weighted by Gasteiger charge is -2.44. The first-order valence-electron chi connectivity index (χ1n) is 12.3. The fourth-order valence-corrected chi connectivity index (χ4v) is 5.38. The second-order valence-electron chi connectivity index (χ2n) is 9.81. The van der Waals surface area contributed by atoms with E-state index >= 15 is 0 Å². The summed E-state index contributed by atoms with van der Waals surface area (Å²) in [5.74, 6) is 0.507. The lowest BCUT2D eigenvalue weighted by molar-refractivity contribution is -0.134. The smallest absolute Gasteiger partial charge is 0.271 e. The molecule has 0 saturated heterocycles. The van der Waals surface area contributed by atoms with Gasteiger partial charge in [0.05, 0.1) is 25.4 Å². The van der Waals surface area contributed by atoms with E-state index < -0.39 is 5.54 Å². The first kappa shape index (κ1) is 22.6. The van der Waals surface area contributed by atoms with Gasteiger partial charge in [0.1, 0.15) is 17.0 Å². The van der Waals surface area contributed by atoms with Crippen molar-refractivity contribution >= 4 is 22.9 Å². The van der Waals surface area contributed by atoms with Crippen molar-refractivity contribution < 1.29 is 18.7 Å². The fraction of sp³-hybridized carbons (Fsp3) is 0.481. The Morgan fingerprint density at radius 3 is 2.53 bits per heavy atom. The van der Waals surface area contributed by atoms with E-state index in [1.165, 1.54) is 19.3 Å². The standard InChI is InChI=1S/C27H33N3O4/c1-27(26(32)28-20-8-6-4-3-5-7-9-20)18-29-22-14-15-34-24(22)16-23(29)25(31)30(27)17-19-10-12-21(33-2)13-11-19/h10-16,20H,3-9,17-18H2,1-2H3,(H,28,32). The van der Waals surface area contributed by atoms with Crippen molar-refractivity contribution in [2.75, 3.05) is 7.11 Å². The molecule has 1 unspecified atom stereocenters. The molecule has 180 valence electrons. The van der Waals surface area contributed by atoms with Crippen LogP contribution in [0.4, 0.5) is 0 Å². The Bertz CT molecular complexity index is 1170. The Morgan fingerprint density at radius 2 is 1.82 bits per heavy atom. The molecule has 1 N–H and O–H groups in total. The number of amides is 2. The van der Waals surface area contributed by atoms with Gasteiger partial charge in [0.2, 0.25) is 5.91 Å². The molecule has 1 aromatic carbocycles. The third-order valence-corrected chi connectivity index (χ3v) is 7.48. The quantitative estimate of drug-likeness (QED) is 0.585. The van der Waals surface area contributed by atoms with Crippen LogP contribution in [0.5, 0.6) is 5.75 Å². The maximum Gasteiger partial charge on any atom is 0.271 e. The van der Waals surface area contributed by atoms with Gasteiger partial charge in [0.25, 0.3) is 5.91 Å². The van der Waals surface area contributed by atoms with Crippen LogP contribution in [-0.2, 0) is 17.9 Å². The molecule has 1 aliphatic heterocycles. The zero-order valence-electron chi connectivity index (χ0n) is 20.0. The van der Waals surface area contributed by atoms with Crippen molar-refractivity contribution in [3.8, 4) is 5.75 Å². The third-order valence-electron chi connectivity index (χ3n) is 7.48. The number of hydrogen-bond donors (Lipinski definition) is 1. The fourth-order valence-electron chi connectivity index (χ4n) is 5.38. The maximum atomic E-state index is 13.9. The summed E-state index contributed by atoms with van der Waals surface area (Å²) < 4.78 is 12.8. The number of aromatic nitrogens is 1. The van der Waals surface area contributed by atoms with Crippen molar-refractivity contribution in [1.82, 2.24) is 14.8 Å². The van der Waals surface area contributed by atoms with Crippen LogP contribution in [0.25, 0.3) is 11.1 Å². The number of fused-ring (bicyclic) bond motifs is 3. The van der Waals surface area contributed by atoms with Gasteiger partial charge in [0.15, 0.2) is 5.58 Å². The monoisotopic (exact) mass is 463 g/mol. The number of nitrogens with zero attached hydrogens (tertiary/aromatic N) is 2. The number of methoxy groups -OCH3 is 1. The lowest BCUT2D eigenvalue weighted by Crippen LogP contribution is -2.64. The predicted molar refractivity (Wildman–Crippen MR) is 130 cm³/mol. The van der Waals surface area contributed by atoms with Gasteiger partial charge in [-0.3, -0.25) is 9.59 Å². The highest BCUT2D eigenvalue weighted by Gasteiger charge is 2.48. The third kappa shape index (κ3) is 4.08. The first-order chi connectivity index (χ1) is 16.5. The number of nitrogens with one attached hydrogen (secondary N) is 1. The number of carbonyl (C=O) groups is 2. The van der Waals surface area contributed by atoms with Crippen LogP contribution in [0, 0.1) is 0 Å². The molecular weight excluding hydrogens is 430 g/mol. The topological polar surface area (TPSA) is 76.7 Å². The highest BCUT2D eigenvalue weighted by Crippen LogP contribution is 2.34. The normalized spacial score (nSPS) is 21.7. The van der Waals surface area contributed by atoms with E-state index in [0.717, 1.165) is 42.5 Å². The second-order valence-corrected chi connectivity index (χ2v) is 9.81. The summed E-state index contributed by atoms with van der Waals surface area (Å²) in [6.45, 7) is 2.61. The van der Waals surface area contributed by atoms with Crippen molar-refractivity contribution in [1.29, 1.82) is 0 Å². The van der Waals surface area contributed by atoms with Crippen molar-refractivity contribution in [3.05, 3.63) is 53.9 Å². The van der Waals surface area contributed by atoms with Crippen LogP contribution < -0.4 is 10.1 Å². The van der Waals surface area contributed by atoms with Gasteiger partial charge in [-0.15, -0.1) is 0 Å². The highest BCUT2D eigenvalue weighted by molar-refractivity contribution is 6.02. The van der Waals surface area contributed by atoms with Crippen LogP contribution in [0.15, 0.2) is 47.1 Å². The van der Waals surface area contributed by atoms with Crippen molar-refractivity contribution in [2.45, 2.75) is 76.5 Å². The number of hydrogen-bond acceptors (Lipinski definition) is 4. The molecule has 34 heavy (non-hydrogen) atoms. The number of ether oxygens (including phenoxy) is 1. The second kappa shape index (κ2) is 9.20. The molecule has 7 nitrogen and oxygen atoms in total. The van der Waals surface area contributed by atoms with Crippen LogP contribution >= 0.6 is 0 Å². The zero-order chi connectivity index (χ0) is 23.7. The summed E-state index contributed by atoms with van der Waals surface area (Å²) in [4.78, 5) is 29.4. The summed E-state index contributed by atoms with van der Waals surface area (Å²) >= 11 is 0. The summed E-state index contributed by atoms with van der Waals surface area (Å²) in [6.07, 6.45) is 9.59. The van der Waals surface area contributed by atoms with Crippen molar-refractivity contribution in [3.63, 3.8) is 0 Å². The van der Waals surface area contributed by atoms with E-state index in [2.05, 4.69) is 5.32 Å². The first-order valence-corrected chi connectivity index (χ1v) is 12.3. The Balaban J connectivity index is 1.48. The molecule has 2 amide bonds. The van der Waals surface area contributed by atoms with Gasteiger partial charge in [-0.1, -0.05) is 44.2 Å². The van der Waals surface area contributed by atoms with Crippen LogP contribution in [0.2, 0.25) is 0 Å². The van der Waals surface area contributed by atoms with Gasteiger partial charge in [-0.25, -0.2) is 0 Å². The minimum Gasteiger partial charge on any atom is -0.497 e. The Hall–Kier alpha value is -3.22. The maximum absolute atomic E-state index is 13.9. The van der Waals surface area contributed by atoms with Gasteiger partial charge < -0.3 is 23.9 Å². The van der Waals surface area contributed by atoms with Gasteiger partial charge >= 0.3 is 0 Å². The zero-order valence-corrected chi connectivity index (χ0v) is 20.0. The Kier molecular flexibility index (Phi) is 6.11. The average Bonchev–Trinajstić information content (AvgIpc) is 3.41. The molecule has 0 spiro atoms. The van der Waals surface area contributed by atoms with E-state index in [1.54, 1.807) is 24.3 Å². The number of furan rings is 1. The molecule has 7 heteroatoms. The largest absolute Gasteiger partial charge is 0.497 e. The number of benzene rings is 1. The SMILES string of the molecule is COc1ccc(CN2C(=O)c3cc4occc4n3CC2(C)C(=O)NC2CCCCCCC2)cc1. The predicted octanol–water partition coefficient (Wildman–Crippen LogP) is 4.89. The molecular formula is C27H33N3O4. The minimum absolute atomic E-state index is 0.0871. The Morgan fingerprint density at radius 1 is 1.12 bits per heavy atom. The number of carbonyl (C=O) groups excluding carboxylic acids is 2. The van der Waals surface area contributed by atoms with E-state index in [9.17, 15) is 9.59 Å². The van der Waals surface area contributed by atoms with Gasteiger partial charge in [0, 0.05) is 24.7 Å². The molecule has 2 aliphatic rings. The molecule has 3 heterocycles. The summed E-state index contributed by atoms with van der Waals surface area (Å²) in [5.41, 5.74) is 1.98. The molecule has 1 atom stereocenters. The molecule has 1 fully saturated rings. The van der Waals surface area contributed by atoms with Gasteiger partial charge in [-0.05, 0) is 37.5 Å². The minimum atomic E-state index is -1.03. The van der Waals surface area contributed by atoms with E-state index in [1.807, 2.05) is 41.8 Å². The highest BCUT2D eigenvalue weighted by atomic mass is 16.5. The Labute approximate surface area is 200 Å². The van der Waals surface area contributed by atoms with E-state index in [4.69, 9.17) is 9.15 Å². The van der Waals surface area contributed by atoms with Crippen LogP contribution in [0.3, 0.4) is 0 Å². The lowest BCUT2D eigenvalue weighted by atomic mass is 9.91. The molecule has 0 bridgehead atoms. The number of rotatable bonds is 5. The summed E-state index contributed by atoms with van der Waals surface area (Å²) in [5, 5.41) is 3.33. The summed E-state index contributed by atoms with van der Waals surface area (Å²) in [6, 6.07) is 11.4. The molecule has 3 aromatic rings.